The van der Waals surface area contributed by atoms with Crippen LogP contribution in [0.15, 0.2) is 53.0 Å². The van der Waals surface area contributed by atoms with E-state index in [0.29, 0.717) is 19.1 Å². The molecular formula is C18H20BrN5O. The second kappa shape index (κ2) is 8.62. The van der Waals surface area contributed by atoms with Crippen LogP contribution in [0.1, 0.15) is 24.5 Å². The summed E-state index contributed by atoms with van der Waals surface area (Å²) in [4.78, 5) is 0. The summed E-state index contributed by atoms with van der Waals surface area (Å²) >= 11 is 3.58. The number of ether oxygens (including phenoxy) is 1. The van der Waals surface area contributed by atoms with E-state index >= 15 is 0 Å². The molecule has 0 atom stereocenters. The molecule has 0 aliphatic rings. The molecule has 0 saturated carbocycles. The highest BCUT2D eigenvalue weighted by atomic mass is 79.9. The number of benzene rings is 2. The molecule has 0 aliphatic heterocycles. The Morgan fingerprint density at radius 3 is 2.72 bits per heavy atom. The van der Waals surface area contributed by atoms with Gasteiger partial charge in [-0.15, -0.1) is 0 Å². The van der Waals surface area contributed by atoms with Gasteiger partial charge in [-0.25, -0.2) is 4.68 Å². The zero-order valence-corrected chi connectivity index (χ0v) is 15.6. The molecule has 0 aliphatic carbocycles. The van der Waals surface area contributed by atoms with E-state index in [1.807, 2.05) is 48.5 Å². The molecule has 130 valence electrons. The van der Waals surface area contributed by atoms with Crippen LogP contribution in [0.25, 0.3) is 0 Å². The van der Waals surface area contributed by atoms with Crippen LogP contribution < -0.4 is 10.1 Å². The van der Waals surface area contributed by atoms with Crippen molar-refractivity contribution in [1.82, 2.24) is 20.2 Å². The first-order chi connectivity index (χ1) is 12.3. The zero-order valence-electron chi connectivity index (χ0n) is 14.0. The van der Waals surface area contributed by atoms with Crippen LogP contribution in [0, 0.1) is 0 Å². The summed E-state index contributed by atoms with van der Waals surface area (Å²) in [5.41, 5.74) is 2.26. The Hall–Kier alpha value is -2.41. The Balaban J connectivity index is 1.58. The molecule has 2 aromatic carbocycles. The van der Waals surface area contributed by atoms with E-state index in [-0.39, 0.29) is 0 Å². The van der Waals surface area contributed by atoms with Gasteiger partial charge in [-0.2, -0.15) is 0 Å². The average molecular weight is 402 g/mol. The van der Waals surface area contributed by atoms with Gasteiger partial charge in [-0.3, -0.25) is 0 Å². The number of nitrogens with one attached hydrogen (secondary N) is 1. The summed E-state index contributed by atoms with van der Waals surface area (Å²) in [6.45, 7) is 4.08. The van der Waals surface area contributed by atoms with E-state index in [1.165, 1.54) is 0 Å². The molecule has 1 N–H and O–H groups in total. The minimum atomic E-state index is 0.544. The van der Waals surface area contributed by atoms with Crippen LogP contribution in [-0.2, 0) is 19.7 Å². The normalized spacial score (nSPS) is 10.6. The highest BCUT2D eigenvalue weighted by molar-refractivity contribution is 9.10. The third-order valence-electron chi connectivity index (χ3n) is 3.65. The fraction of sp³-hybridized carbons (Fsp3) is 0.278. The number of tetrazole rings is 1. The number of rotatable bonds is 8. The number of nitrogens with zero attached hydrogens (tertiary/aromatic N) is 4. The van der Waals surface area contributed by atoms with E-state index < -0.39 is 0 Å². The van der Waals surface area contributed by atoms with Crippen LogP contribution >= 0.6 is 15.9 Å². The molecule has 0 bridgehead atoms. The number of aromatic nitrogens is 4. The van der Waals surface area contributed by atoms with E-state index in [0.717, 1.165) is 34.3 Å². The Morgan fingerprint density at radius 1 is 1.12 bits per heavy atom. The molecule has 3 rings (SSSR count). The molecule has 0 fully saturated rings. The largest absolute Gasteiger partial charge is 0.488 e. The van der Waals surface area contributed by atoms with Gasteiger partial charge >= 0.3 is 0 Å². The van der Waals surface area contributed by atoms with Crippen LogP contribution in [0.4, 0.5) is 5.95 Å². The van der Waals surface area contributed by atoms with Gasteiger partial charge < -0.3 is 10.1 Å². The summed E-state index contributed by atoms with van der Waals surface area (Å²) in [6, 6.07) is 16.2. The molecule has 1 aromatic heterocycles. The fourth-order valence-corrected chi connectivity index (χ4v) is 2.92. The van der Waals surface area contributed by atoms with E-state index in [9.17, 15) is 0 Å². The predicted octanol–water partition coefficient (Wildman–Crippen LogP) is 4.04. The number of anilines is 1. The molecule has 0 amide bonds. The first-order valence-corrected chi connectivity index (χ1v) is 9.00. The molecule has 0 unspecified atom stereocenters. The quantitative estimate of drug-likeness (QED) is 0.616. The standard InChI is InChI=1S/C18H20BrN5O/c1-2-10-24-18(21-22-23-24)20-12-15-8-9-17(16(19)11-15)25-13-14-6-4-3-5-7-14/h3-9,11H,2,10,12-13H2,1H3,(H,20,21,23). The number of aryl methyl sites for hydroxylation is 1. The molecule has 6 nitrogen and oxygen atoms in total. The summed E-state index contributed by atoms with van der Waals surface area (Å²) < 4.78 is 8.57. The Labute approximate surface area is 155 Å². The predicted molar refractivity (Wildman–Crippen MR) is 100 cm³/mol. The van der Waals surface area contributed by atoms with Crippen molar-refractivity contribution in [1.29, 1.82) is 0 Å². The van der Waals surface area contributed by atoms with Gasteiger partial charge in [0, 0.05) is 13.1 Å². The zero-order chi connectivity index (χ0) is 17.5. The minimum absolute atomic E-state index is 0.544. The van der Waals surface area contributed by atoms with Crippen LogP contribution in [0.3, 0.4) is 0 Å². The molecule has 0 radical (unpaired) electrons. The molecule has 7 heteroatoms. The van der Waals surface area contributed by atoms with Gasteiger partial charge in [0.1, 0.15) is 12.4 Å². The lowest BCUT2D eigenvalue weighted by Crippen LogP contribution is -2.08. The third kappa shape index (κ3) is 4.79. The number of hydrogen-bond acceptors (Lipinski definition) is 5. The first kappa shape index (κ1) is 17.4. The molecule has 1 heterocycles. The second-order valence-corrected chi connectivity index (χ2v) is 6.47. The van der Waals surface area contributed by atoms with Crippen LogP contribution in [0.2, 0.25) is 0 Å². The van der Waals surface area contributed by atoms with Crippen molar-refractivity contribution in [2.24, 2.45) is 0 Å². The lowest BCUT2D eigenvalue weighted by molar-refractivity contribution is 0.304. The summed E-state index contributed by atoms with van der Waals surface area (Å²) in [5, 5.41) is 14.9. The minimum Gasteiger partial charge on any atom is -0.488 e. The molecule has 25 heavy (non-hydrogen) atoms. The molecular weight excluding hydrogens is 382 g/mol. The fourth-order valence-electron chi connectivity index (χ4n) is 2.38. The van der Waals surface area contributed by atoms with Gasteiger partial charge in [0.05, 0.1) is 4.47 Å². The molecule has 3 aromatic rings. The maximum atomic E-state index is 5.88. The summed E-state index contributed by atoms with van der Waals surface area (Å²) in [7, 11) is 0. The van der Waals surface area contributed by atoms with Crippen molar-refractivity contribution >= 4 is 21.9 Å². The Bertz CT molecular complexity index is 806. The molecule has 0 spiro atoms. The Kier molecular flexibility index (Phi) is 6.00. The first-order valence-electron chi connectivity index (χ1n) is 8.21. The van der Waals surface area contributed by atoms with Crippen LogP contribution in [-0.4, -0.2) is 20.2 Å². The van der Waals surface area contributed by atoms with Gasteiger partial charge in [0.2, 0.25) is 5.95 Å². The summed E-state index contributed by atoms with van der Waals surface area (Å²) in [5.74, 6) is 1.51. The second-order valence-electron chi connectivity index (χ2n) is 5.62. The van der Waals surface area contributed by atoms with E-state index in [2.05, 4.69) is 43.7 Å². The topological polar surface area (TPSA) is 64.9 Å². The SMILES string of the molecule is CCCn1nnnc1NCc1ccc(OCc2ccccc2)c(Br)c1. The number of hydrogen-bond donors (Lipinski definition) is 1. The maximum absolute atomic E-state index is 5.88. The van der Waals surface area contributed by atoms with Crippen molar-refractivity contribution in [3.8, 4) is 5.75 Å². The van der Waals surface area contributed by atoms with E-state index in [1.54, 1.807) is 4.68 Å². The van der Waals surface area contributed by atoms with Crippen LogP contribution in [0.5, 0.6) is 5.75 Å². The van der Waals surface area contributed by atoms with Gasteiger partial charge in [0.15, 0.2) is 0 Å². The smallest absolute Gasteiger partial charge is 0.243 e. The maximum Gasteiger partial charge on any atom is 0.243 e. The van der Waals surface area contributed by atoms with Gasteiger partial charge in [0.25, 0.3) is 0 Å². The summed E-state index contributed by atoms with van der Waals surface area (Å²) in [6.07, 6.45) is 0.985. The van der Waals surface area contributed by atoms with E-state index in [4.69, 9.17) is 4.74 Å². The average Bonchev–Trinajstić information content (AvgIpc) is 3.07. The van der Waals surface area contributed by atoms with Crippen molar-refractivity contribution in [2.45, 2.75) is 33.0 Å². The lowest BCUT2D eigenvalue weighted by Gasteiger charge is -2.11. The van der Waals surface area contributed by atoms with Crippen molar-refractivity contribution < 1.29 is 4.74 Å². The Morgan fingerprint density at radius 2 is 1.96 bits per heavy atom. The van der Waals surface area contributed by atoms with Crippen molar-refractivity contribution in [2.75, 3.05) is 5.32 Å². The lowest BCUT2D eigenvalue weighted by atomic mass is 10.2. The molecule has 0 saturated heterocycles. The number of halogens is 1. The monoisotopic (exact) mass is 401 g/mol. The van der Waals surface area contributed by atoms with Gasteiger partial charge in [-0.1, -0.05) is 48.4 Å². The highest BCUT2D eigenvalue weighted by Gasteiger charge is 2.07. The highest BCUT2D eigenvalue weighted by Crippen LogP contribution is 2.27. The third-order valence-corrected chi connectivity index (χ3v) is 4.27. The van der Waals surface area contributed by atoms with Gasteiger partial charge in [-0.05, 0) is 56.0 Å². The van der Waals surface area contributed by atoms with Crippen molar-refractivity contribution in [3.05, 3.63) is 64.1 Å². The van der Waals surface area contributed by atoms with Crippen molar-refractivity contribution in [3.63, 3.8) is 0 Å².